The van der Waals surface area contributed by atoms with Crippen LogP contribution in [-0.2, 0) is 9.59 Å². The molecule has 0 saturated carbocycles. The van der Waals surface area contributed by atoms with E-state index in [0.717, 1.165) is 32.6 Å². The molecule has 0 radical (unpaired) electrons. The summed E-state index contributed by atoms with van der Waals surface area (Å²) in [6.45, 7) is 9.56. The van der Waals surface area contributed by atoms with Gasteiger partial charge in [-0.25, -0.2) is 4.79 Å². The lowest BCUT2D eigenvalue weighted by Gasteiger charge is -2.23. The molecular weight excluding hydrogens is 284 g/mol. The Morgan fingerprint density at radius 1 is 1.14 bits per heavy atom. The highest BCUT2D eigenvalue weighted by atomic mass is 16.2. The lowest BCUT2D eigenvalue weighted by molar-refractivity contribution is -0.131. The smallest absolute Gasteiger partial charge is 0.325 e. The second-order valence-corrected chi connectivity index (χ2v) is 6.44. The number of rotatable bonds is 4. The molecule has 0 bridgehead atoms. The number of amides is 4. The molecule has 1 N–H and O–H groups in total. The van der Waals surface area contributed by atoms with Crippen LogP contribution in [0.15, 0.2) is 0 Å². The van der Waals surface area contributed by atoms with Gasteiger partial charge in [0.05, 0.1) is 0 Å². The molecule has 124 valence electrons. The van der Waals surface area contributed by atoms with Crippen molar-refractivity contribution in [2.24, 2.45) is 0 Å². The van der Waals surface area contributed by atoms with Crippen LogP contribution in [0, 0.1) is 0 Å². The van der Waals surface area contributed by atoms with Gasteiger partial charge in [0.15, 0.2) is 0 Å². The largest absolute Gasteiger partial charge is 0.341 e. The van der Waals surface area contributed by atoms with E-state index in [2.05, 4.69) is 10.2 Å². The maximum absolute atomic E-state index is 12.1. The van der Waals surface area contributed by atoms with E-state index >= 15 is 0 Å². The molecule has 0 aliphatic carbocycles. The number of hydrogen-bond acceptors (Lipinski definition) is 4. The molecule has 2 aliphatic rings. The quantitative estimate of drug-likeness (QED) is 0.756. The van der Waals surface area contributed by atoms with E-state index in [4.69, 9.17) is 0 Å². The zero-order valence-corrected chi connectivity index (χ0v) is 13.7. The van der Waals surface area contributed by atoms with Crippen LogP contribution in [0.1, 0.15) is 33.6 Å². The van der Waals surface area contributed by atoms with Gasteiger partial charge in [0.2, 0.25) is 5.91 Å². The van der Waals surface area contributed by atoms with E-state index in [9.17, 15) is 14.4 Å². The number of carbonyl (C=O) groups excluding carboxylic acids is 3. The first-order valence-corrected chi connectivity index (χ1v) is 7.99. The molecule has 0 spiro atoms. The van der Waals surface area contributed by atoms with Gasteiger partial charge in [-0.05, 0) is 26.8 Å². The van der Waals surface area contributed by atoms with Gasteiger partial charge in [-0.1, -0.05) is 6.92 Å². The molecule has 0 aromatic rings. The van der Waals surface area contributed by atoms with Crippen molar-refractivity contribution in [1.29, 1.82) is 0 Å². The predicted octanol–water partition coefficient (Wildman–Crippen LogP) is 0.261. The second-order valence-electron chi connectivity index (χ2n) is 6.44. The number of imide groups is 1. The molecule has 2 aliphatic heterocycles. The van der Waals surface area contributed by atoms with E-state index < -0.39 is 5.54 Å². The van der Waals surface area contributed by atoms with Crippen LogP contribution >= 0.6 is 0 Å². The van der Waals surface area contributed by atoms with Crippen molar-refractivity contribution >= 4 is 17.8 Å². The van der Waals surface area contributed by atoms with Crippen LogP contribution in [0.5, 0.6) is 0 Å². The Morgan fingerprint density at radius 3 is 2.45 bits per heavy atom. The highest BCUT2D eigenvalue weighted by molar-refractivity contribution is 6.06. The highest BCUT2D eigenvalue weighted by Crippen LogP contribution is 2.16. The van der Waals surface area contributed by atoms with Crippen molar-refractivity contribution in [1.82, 2.24) is 20.0 Å². The van der Waals surface area contributed by atoms with E-state index in [1.54, 1.807) is 13.8 Å². The summed E-state index contributed by atoms with van der Waals surface area (Å²) in [5.74, 6) is 0.0211. The van der Waals surface area contributed by atoms with E-state index in [0.29, 0.717) is 19.5 Å². The molecule has 7 nitrogen and oxygen atoms in total. The number of carbonyl (C=O) groups is 3. The third-order valence-corrected chi connectivity index (χ3v) is 4.33. The maximum atomic E-state index is 12.1. The first kappa shape index (κ1) is 16.7. The summed E-state index contributed by atoms with van der Waals surface area (Å²) in [6, 6.07) is -0.312. The molecule has 0 aromatic heterocycles. The maximum Gasteiger partial charge on any atom is 0.325 e. The first-order valence-electron chi connectivity index (χ1n) is 7.99. The third-order valence-electron chi connectivity index (χ3n) is 4.33. The van der Waals surface area contributed by atoms with Gasteiger partial charge >= 0.3 is 6.03 Å². The SMILES string of the molecule is CCC(=O)N1CCCN(CCN2C(=O)NC(C)(C)C2=O)CC1. The fraction of sp³-hybridized carbons (Fsp3) is 0.800. The zero-order chi connectivity index (χ0) is 16.3. The molecule has 0 aromatic carbocycles. The number of urea groups is 1. The standard InChI is InChI=1S/C15H26N4O3/c1-4-12(20)18-7-5-6-17(8-10-18)9-11-19-13(21)15(2,3)16-14(19)22/h4-11H2,1-3H3,(H,16,22). The minimum absolute atomic E-state index is 0.171. The van der Waals surface area contributed by atoms with Gasteiger partial charge < -0.3 is 10.2 Å². The molecule has 0 atom stereocenters. The van der Waals surface area contributed by atoms with Crippen LogP contribution < -0.4 is 5.32 Å². The molecular formula is C15H26N4O3. The first-order chi connectivity index (χ1) is 10.3. The van der Waals surface area contributed by atoms with Gasteiger partial charge in [-0.2, -0.15) is 0 Å². The van der Waals surface area contributed by atoms with Crippen LogP contribution in [0.4, 0.5) is 4.79 Å². The number of nitrogens with one attached hydrogen (secondary N) is 1. The van der Waals surface area contributed by atoms with Crippen LogP contribution in [-0.4, -0.2) is 77.4 Å². The van der Waals surface area contributed by atoms with Crippen LogP contribution in [0.3, 0.4) is 0 Å². The van der Waals surface area contributed by atoms with Crippen molar-refractivity contribution in [3.63, 3.8) is 0 Å². The van der Waals surface area contributed by atoms with E-state index in [-0.39, 0.29) is 17.8 Å². The summed E-state index contributed by atoms with van der Waals surface area (Å²) in [4.78, 5) is 41.1. The Kier molecular flexibility index (Phi) is 5.05. The molecule has 0 unspecified atom stereocenters. The van der Waals surface area contributed by atoms with E-state index in [1.807, 2.05) is 11.8 Å². The number of hydrogen-bond donors (Lipinski definition) is 1. The predicted molar refractivity (Wildman–Crippen MR) is 82.3 cm³/mol. The minimum Gasteiger partial charge on any atom is -0.341 e. The normalized spacial score (nSPS) is 22.7. The average molecular weight is 310 g/mol. The van der Waals surface area contributed by atoms with Gasteiger partial charge in [-0.15, -0.1) is 0 Å². The fourth-order valence-electron chi connectivity index (χ4n) is 2.93. The van der Waals surface area contributed by atoms with Crippen LogP contribution in [0.2, 0.25) is 0 Å². The summed E-state index contributed by atoms with van der Waals surface area (Å²) in [7, 11) is 0. The van der Waals surface area contributed by atoms with E-state index in [1.165, 1.54) is 4.90 Å². The van der Waals surface area contributed by atoms with Crippen LogP contribution in [0.25, 0.3) is 0 Å². The summed E-state index contributed by atoms with van der Waals surface area (Å²) >= 11 is 0. The summed E-state index contributed by atoms with van der Waals surface area (Å²) in [6.07, 6.45) is 1.47. The second kappa shape index (κ2) is 6.64. The molecule has 4 amide bonds. The highest BCUT2D eigenvalue weighted by Gasteiger charge is 2.43. The van der Waals surface area contributed by atoms with Crippen molar-refractivity contribution in [2.45, 2.75) is 39.2 Å². The summed E-state index contributed by atoms with van der Waals surface area (Å²) < 4.78 is 0. The molecule has 7 heteroatoms. The van der Waals surface area contributed by atoms with Crippen molar-refractivity contribution in [3.05, 3.63) is 0 Å². The number of nitrogens with zero attached hydrogens (tertiary/aromatic N) is 3. The van der Waals surface area contributed by atoms with Gasteiger partial charge in [0.1, 0.15) is 5.54 Å². The molecule has 22 heavy (non-hydrogen) atoms. The Balaban J connectivity index is 1.84. The monoisotopic (exact) mass is 310 g/mol. The zero-order valence-electron chi connectivity index (χ0n) is 13.7. The summed E-state index contributed by atoms with van der Waals surface area (Å²) in [5, 5.41) is 2.69. The lowest BCUT2D eigenvalue weighted by Crippen LogP contribution is -2.42. The topological polar surface area (TPSA) is 73.0 Å². The van der Waals surface area contributed by atoms with Crippen molar-refractivity contribution in [2.75, 3.05) is 39.3 Å². The fourth-order valence-corrected chi connectivity index (χ4v) is 2.93. The Hall–Kier alpha value is -1.63. The molecule has 2 fully saturated rings. The van der Waals surface area contributed by atoms with Gasteiger partial charge in [0.25, 0.3) is 5.91 Å². The Morgan fingerprint density at radius 2 is 1.86 bits per heavy atom. The van der Waals surface area contributed by atoms with Gasteiger partial charge in [-0.3, -0.25) is 19.4 Å². The van der Waals surface area contributed by atoms with Crippen molar-refractivity contribution < 1.29 is 14.4 Å². The van der Waals surface area contributed by atoms with Crippen molar-refractivity contribution in [3.8, 4) is 0 Å². The Labute approximate surface area is 131 Å². The molecule has 2 rings (SSSR count). The minimum atomic E-state index is -0.805. The third kappa shape index (κ3) is 3.58. The molecule has 2 heterocycles. The average Bonchev–Trinajstić information content (AvgIpc) is 2.66. The Bertz CT molecular complexity index is 464. The molecule has 2 saturated heterocycles. The lowest BCUT2D eigenvalue weighted by atomic mass is 10.1. The summed E-state index contributed by atoms with van der Waals surface area (Å²) in [5.41, 5.74) is -0.805. The van der Waals surface area contributed by atoms with Gasteiger partial charge in [0, 0.05) is 39.1 Å².